The highest BCUT2D eigenvalue weighted by molar-refractivity contribution is 5.93. The van der Waals surface area contributed by atoms with Gasteiger partial charge in [0.1, 0.15) is 0 Å². The summed E-state index contributed by atoms with van der Waals surface area (Å²) in [5.41, 5.74) is 2.19. The van der Waals surface area contributed by atoms with Crippen LogP contribution in [0.15, 0.2) is 29.3 Å². The van der Waals surface area contributed by atoms with E-state index >= 15 is 0 Å². The topological polar surface area (TPSA) is 12.4 Å². The van der Waals surface area contributed by atoms with Gasteiger partial charge >= 0.3 is 0 Å². The Labute approximate surface area is 56.8 Å². The molecule has 0 radical (unpaired) electrons. The molecule has 0 unspecified atom stereocenters. The van der Waals surface area contributed by atoms with Gasteiger partial charge in [0.2, 0.25) is 0 Å². The van der Waals surface area contributed by atoms with Crippen molar-refractivity contribution >= 4 is 5.71 Å². The largest absolute Gasteiger partial charge is 0.293 e. The van der Waals surface area contributed by atoms with Crippen molar-refractivity contribution in [1.29, 1.82) is 0 Å². The van der Waals surface area contributed by atoms with Crippen molar-refractivity contribution in [1.82, 2.24) is 0 Å². The maximum absolute atomic E-state index is 3.97. The fourth-order valence-corrected chi connectivity index (χ4v) is 0.453. The van der Waals surface area contributed by atoms with Gasteiger partial charge in [-0.25, -0.2) is 0 Å². The van der Waals surface area contributed by atoms with Crippen LogP contribution in [0.2, 0.25) is 0 Å². The van der Waals surface area contributed by atoms with Crippen LogP contribution in [-0.4, -0.2) is 12.8 Å². The Balaban J connectivity index is 4.11. The number of hydrogen-bond donors (Lipinski definition) is 0. The molecule has 0 bridgehead atoms. The van der Waals surface area contributed by atoms with Crippen molar-refractivity contribution in [2.75, 3.05) is 7.05 Å². The van der Waals surface area contributed by atoms with E-state index in [2.05, 4.69) is 11.6 Å². The number of hydrogen-bond acceptors (Lipinski definition) is 1. The van der Waals surface area contributed by atoms with E-state index in [1.807, 2.05) is 26.0 Å². The van der Waals surface area contributed by atoms with Crippen LogP contribution in [-0.2, 0) is 0 Å². The number of nitrogens with zero attached hydrogens (tertiary/aromatic N) is 1. The van der Waals surface area contributed by atoms with E-state index in [0.717, 1.165) is 11.3 Å². The first-order valence-corrected chi connectivity index (χ1v) is 2.95. The van der Waals surface area contributed by atoms with Crippen molar-refractivity contribution in [2.45, 2.75) is 13.8 Å². The minimum absolute atomic E-state index is 1.03. The molecule has 0 N–H and O–H groups in total. The van der Waals surface area contributed by atoms with Crippen LogP contribution in [0.3, 0.4) is 0 Å². The number of aliphatic imine (C=N–C) groups is 1. The molecule has 0 saturated heterocycles. The van der Waals surface area contributed by atoms with Crippen LogP contribution >= 0.6 is 0 Å². The standard InChI is InChI=1S/C8H13N/c1-5-7(2)6-8(3)9-4/h5-6H,1H2,2-4H3/b7-6-,9-8?. The quantitative estimate of drug-likeness (QED) is 0.394. The van der Waals surface area contributed by atoms with Crippen molar-refractivity contribution < 1.29 is 0 Å². The molecule has 0 fully saturated rings. The van der Waals surface area contributed by atoms with Gasteiger partial charge in [0, 0.05) is 12.8 Å². The van der Waals surface area contributed by atoms with Gasteiger partial charge < -0.3 is 0 Å². The van der Waals surface area contributed by atoms with Crippen LogP contribution in [0.5, 0.6) is 0 Å². The van der Waals surface area contributed by atoms with E-state index in [0.29, 0.717) is 0 Å². The van der Waals surface area contributed by atoms with Crippen LogP contribution in [0.25, 0.3) is 0 Å². The second-order valence-corrected chi connectivity index (χ2v) is 1.96. The molecule has 0 aromatic rings. The highest BCUT2D eigenvalue weighted by atomic mass is 14.7. The van der Waals surface area contributed by atoms with Crippen molar-refractivity contribution in [3.8, 4) is 0 Å². The molecular formula is C8H13N. The van der Waals surface area contributed by atoms with E-state index in [1.165, 1.54) is 0 Å². The monoisotopic (exact) mass is 123 g/mol. The Bertz CT molecular complexity index is 152. The number of allylic oxidation sites excluding steroid dienone is 3. The third-order valence-corrected chi connectivity index (χ3v) is 1.11. The lowest BCUT2D eigenvalue weighted by Gasteiger charge is -1.89. The summed E-state index contributed by atoms with van der Waals surface area (Å²) < 4.78 is 0. The van der Waals surface area contributed by atoms with Gasteiger partial charge in [-0.3, -0.25) is 4.99 Å². The molecule has 1 heteroatoms. The third-order valence-electron chi connectivity index (χ3n) is 1.11. The molecule has 9 heavy (non-hydrogen) atoms. The maximum Gasteiger partial charge on any atom is 0.0316 e. The van der Waals surface area contributed by atoms with E-state index in [9.17, 15) is 0 Å². The smallest absolute Gasteiger partial charge is 0.0316 e. The zero-order valence-electron chi connectivity index (χ0n) is 6.31. The summed E-state index contributed by atoms with van der Waals surface area (Å²) >= 11 is 0. The highest BCUT2D eigenvalue weighted by Crippen LogP contribution is 1.92. The van der Waals surface area contributed by atoms with Gasteiger partial charge in [0.25, 0.3) is 0 Å². The molecule has 0 atom stereocenters. The minimum Gasteiger partial charge on any atom is -0.293 e. The lowest BCUT2D eigenvalue weighted by Crippen LogP contribution is -1.83. The molecule has 0 aromatic carbocycles. The molecule has 0 aliphatic carbocycles. The molecule has 0 heterocycles. The SMILES string of the molecule is C=C/C(C)=C\C(C)=NC. The summed E-state index contributed by atoms with van der Waals surface area (Å²) in [5, 5.41) is 0. The van der Waals surface area contributed by atoms with Crippen molar-refractivity contribution in [2.24, 2.45) is 4.99 Å². The van der Waals surface area contributed by atoms with Gasteiger partial charge in [0.15, 0.2) is 0 Å². The Morgan fingerprint density at radius 2 is 2.00 bits per heavy atom. The zero-order chi connectivity index (χ0) is 7.28. The van der Waals surface area contributed by atoms with Crippen molar-refractivity contribution in [3.05, 3.63) is 24.3 Å². The lowest BCUT2D eigenvalue weighted by molar-refractivity contribution is 1.42. The van der Waals surface area contributed by atoms with E-state index < -0.39 is 0 Å². The maximum atomic E-state index is 3.97. The normalized spacial score (nSPS) is 13.7. The van der Waals surface area contributed by atoms with Crippen LogP contribution in [0.4, 0.5) is 0 Å². The van der Waals surface area contributed by atoms with Gasteiger partial charge in [-0.1, -0.05) is 12.7 Å². The van der Waals surface area contributed by atoms with Gasteiger partial charge in [-0.15, -0.1) is 0 Å². The average Bonchev–Trinajstić information content (AvgIpc) is 1.87. The summed E-state index contributed by atoms with van der Waals surface area (Å²) in [6, 6.07) is 0. The average molecular weight is 123 g/mol. The number of rotatable bonds is 2. The molecule has 1 nitrogen and oxygen atoms in total. The molecule has 50 valence electrons. The third kappa shape index (κ3) is 3.71. The van der Waals surface area contributed by atoms with Gasteiger partial charge in [-0.2, -0.15) is 0 Å². The minimum atomic E-state index is 1.03. The summed E-state index contributed by atoms with van der Waals surface area (Å²) in [6.07, 6.45) is 3.81. The fraction of sp³-hybridized carbons (Fsp3) is 0.375. The molecule has 0 aliphatic heterocycles. The predicted molar refractivity (Wildman–Crippen MR) is 43.0 cm³/mol. The Morgan fingerprint density at radius 3 is 2.33 bits per heavy atom. The molecule has 0 spiro atoms. The first kappa shape index (κ1) is 8.15. The first-order valence-electron chi connectivity index (χ1n) is 2.95. The molecule has 0 aromatic heterocycles. The second kappa shape index (κ2) is 4.07. The first-order chi connectivity index (χ1) is 4.20. The van der Waals surface area contributed by atoms with E-state index in [-0.39, 0.29) is 0 Å². The molecule has 0 saturated carbocycles. The zero-order valence-corrected chi connectivity index (χ0v) is 6.31. The van der Waals surface area contributed by atoms with Crippen molar-refractivity contribution in [3.63, 3.8) is 0 Å². The Morgan fingerprint density at radius 1 is 1.44 bits per heavy atom. The molecular weight excluding hydrogens is 110 g/mol. The predicted octanol–water partition coefficient (Wildman–Crippen LogP) is 2.21. The van der Waals surface area contributed by atoms with E-state index in [1.54, 1.807) is 7.05 Å². The molecule has 0 amide bonds. The Hall–Kier alpha value is -0.850. The molecule has 0 rings (SSSR count). The van der Waals surface area contributed by atoms with Crippen LogP contribution < -0.4 is 0 Å². The second-order valence-electron chi connectivity index (χ2n) is 1.96. The highest BCUT2D eigenvalue weighted by Gasteiger charge is 1.81. The van der Waals surface area contributed by atoms with Gasteiger partial charge in [-0.05, 0) is 25.5 Å². The Kier molecular flexibility index (Phi) is 3.69. The fourth-order valence-electron chi connectivity index (χ4n) is 0.453. The summed E-state index contributed by atoms with van der Waals surface area (Å²) in [5.74, 6) is 0. The summed E-state index contributed by atoms with van der Waals surface area (Å²) in [7, 11) is 1.78. The van der Waals surface area contributed by atoms with Crippen LogP contribution in [0, 0.1) is 0 Å². The summed E-state index contributed by atoms with van der Waals surface area (Å²) in [4.78, 5) is 3.97. The van der Waals surface area contributed by atoms with Gasteiger partial charge in [0.05, 0.1) is 0 Å². The lowest BCUT2D eigenvalue weighted by atomic mass is 10.2. The van der Waals surface area contributed by atoms with E-state index in [4.69, 9.17) is 0 Å². The summed E-state index contributed by atoms with van der Waals surface area (Å²) in [6.45, 7) is 7.59. The molecule has 0 aliphatic rings. The van der Waals surface area contributed by atoms with Crippen LogP contribution in [0.1, 0.15) is 13.8 Å².